The highest BCUT2D eigenvalue weighted by Crippen LogP contribution is 2.18. The van der Waals surface area contributed by atoms with Crippen molar-refractivity contribution < 1.29 is 19.4 Å². The second-order valence-corrected chi connectivity index (χ2v) is 5.01. The highest BCUT2D eigenvalue weighted by atomic mass is 16.6. The molecule has 0 atom stereocenters. The van der Waals surface area contributed by atoms with Gasteiger partial charge in [0.05, 0.1) is 5.69 Å². The number of carboxylic acid groups (broad SMARTS) is 1. The molecule has 1 heterocycles. The van der Waals surface area contributed by atoms with Gasteiger partial charge in [0.2, 0.25) is 0 Å². The summed E-state index contributed by atoms with van der Waals surface area (Å²) in [5.74, 6) is -1.14. The number of carboxylic acids is 1. The first-order valence-electron chi connectivity index (χ1n) is 5.95. The van der Waals surface area contributed by atoms with Crippen molar-refractivity contribution >= 4 is 17.7 Å². The first-order chi connectivity index (χ1) is 8.73. The van der Waals surface area contributed by atoms with Crippen LogP contribution in [0.15, 0.2) is 12.3 Å². The first kappa shape index (κ1) is 14.9. The van der Waals surface area contributed by atoms with Crippen molar-refractivity contribution in [3.8, 4) is 0 Å². The first-order valence-corrected chi connectivity index (χ1v) is 5.95. The van der Waals surface area contributed by atoms with Gasteiger partial charge in [0.25, 0.3) is 0 Å². The number of nitrogens with zero attached hydrogens (tertiary/aromatic N) is 1. The van der Waals surface area contributed by atoms with Crippen LogP contribution >= 0.6 is 0 Å². The number of pyridine rings is 1. The second kappa shape index (κ2) is 5.69. The number of hydrogen-bond donors (Lipinski definition) is 2. The van der Waals surface area contributed by atoms with Crippen LogP contribution in [0, 0.1) is 0 Å². The number of aromatic nitrogens is 1. The number of hydrogen-bond acceptors (Lipinski definition) is 4. The molecule has 0 unspecified atom stereocenters. The minimum absolute atomic E-state index is 0.122. The van der Waals surface area contributed by atoms with Gasteiger partial charge in [0, 0.05) is 6.20 Å². The Kier molecular flexibility index (Phi) is 4.47. The quantitative estimate of drug-likeness (QED) is 0.878. The Morgan fingerprint density at radius 3 is 2.53 bits per heavy atom. The summed E-state index contributed by atoms with van der Waals surface area (Å²) in [7, 11) is 0. The summed E-state index contributed by atoms with van der Waals surface area (Å²) in [5, 5.41) is 11.4. The van der Waals surface area contributed by atoms with Crippen LogP contribution in [0.25, 0.3) is 0 Å². The van der Waals surface area contributed by atoms with Crippen molar-refractivity contribution in [3.63, 3.8) is 0 Å². The fourth-order valence-corrected chi connectivity index (χ4v) is 1.41. The fraction of sp³-hybridized carbons (Fsp3) is 0.462. The maximum absolute atomic E-state index is 11.7. The lowest BCUT2D eigenvalue weighted by Crippen LogP contribution is -2.27. The molecule has 1 aromatic rings. The van der Waals surface area contributed by atoms with E-state index in [1.54, 1.807) is 20.8 Å². The van der Waals surface area contributed by atoms with Crippen LogP contribution in [-0.2, 0) is 11.2 Å². The van der Waals surface area contributed by atoms with E-state index in [9.17, 15) is 9.59 Å². The molecule has 0 aromatic carbocycles. The van der Waals surface area contributed by atoms with Gasteiger partial charge in [0.15, 0.2) is 0 Å². The Morgan fingerprint density at radius 2 is 2.05 bits per heavy atom. The summed E-state index contributed by atoms with van der Waals surface area (Å²) in [6.45, 7) is 7.14. The molecule has 0 saturated heterocycles. The molecule has 19 heavy (non-hydrogen) atoms. The van der Waals surface area contributed by atoms with Crippen LogP contribution < -0.4 is 5.32 Å². The number of ether oxygens (including phenoxy) is 1. The zero-order valence-electron chi connectivity index (χ0n) is 11.5. The predicted molar refractivity (Wildman–Crippen MR) is 70.4 cm³/mol. The van der Waals surface area contributed by atoms with E-state index in [-0.39, 0.29) is 5.69 Å². The maximum Gasteiger partial charge on any atom is 0.412 e. The number of nitrogens with one attached hydrogen (secondary N) is 1. The molecule has 0 radical (unpaired) electrons. The largest absolute Gasteiger partial charge is 0.477 e. The molecule has 0 bridgehead atoms. The van der Waals surface area contributed by atoms with Gasteiger partial charge < -0.3 is 9.84 Å². The summed E-state index contributed by atoms with van der Waals surface area (Å²) in [6.07, 6.45) is 1.44. The summed E-state index contributed by atoms with van der Waals surface area (Å²) in [6, 6.07) is 1.32. The van der Waals surface area contributed by atoms with E-state index in [4.69, 9.17) is 9.84 Å². The number of rotatable bonds is 3. The lowest BCUT2D eigenvalue weighted by atomic mass is 10.1. The third kappa shape index (κ3) is 4.57. The molecule has 0 saturated carbocycles. The highest BCUT2D eigenvalue weighted by molar-refractivity contribution is 5.90. The van der Waals surface area contributed by atoms with Crippen molar-refractivity contribution in [1.29, 1.82) is 0 Å². The van der Waals surface area contributed by atoms with Crippen molar-refractivity contribution in [2.45, 2.75) is 39.7 Å². The van der Waals surface area contributed by atoms with Crippen LogP contribution in [0.1, 0.15) is 43.7 Å². The standard InChI is InChI=1S/C13H18N2O4/c1-5-8-7-14-10(11(16)17)6-9(8)15-12(18)19-13(2,3)4/h6-7H,5H2,1-4H3,(H,16,17)(H,14,15,18). The van der Waals surface area contributed by atoms with Crippen LogP contribution in [-0.4, -0.2) is 27.8 Å². The highest BCUT2D eigenvalue weighted by Gasteiger charge is 2.18. The molecule has 0 aliphatic carbocycles. The lowest BCUT2D eigenvalue weighted by molar-refractivity contribution is 0.0632. The smallest absolute Gasteiger partial charge is 0.412 e. The number of carbonyl (C=O) groups excluding carboxylic acids is 1. The number of carbonyl (C=O) groups is 2. The van der Waals surface area contributed by atoms with E-state index in [2.05, 4.69) is 10.3 Å². The van der Waals surface area contributed by atoms with E-state index in [0.29, 0.717) is 12.1 Å². The van der Waals surface area contributed by atoms with Gasteiger partial charge in [-0.2, -0.15) is 0 Å². The monoisotopic (exact) mass is 266 g/mol. The zero-order chi connectivity index (χ0) is 14.6. The zero-order valence-corrected chi connectivity index (χ0v) is 11.5. The molecule has 0 aliphatic heterocycles. The molecular weight excluding hydrogens is 248 g/mol. The van der Waals surface area contributed by atoms with E-state index < -0.39 is 17.7 Å². The number of aryl methyl sites for hydroxylation is 1. The number of anilines is 1. The second-order valence-electron chi connectivity index (χ2n) is 5.01. The van der Waals surface area contributed by atoms with Crippen molar-refractivity contribution in [2.24, 2.45) is 0 Å². The van der Waals surface area contributed by atoms with Gasteiger partial charge in [-0.25, -0.2) is 14.6 Å². The molecule has 104 valence electrons. The Hall–Kier alpha value is -2.11. The molecular formula is C13H18N2O4. The Labute approximate surface area is 111 Å². The predicted octanol–water partition coefficient (Wildman–Crippen LogP) is 2.69. The fourth-order valence-electron chi connectivity index (χ4n) is 1.41. The van der Waals surface area contributed by atoms with Crippen molar-refractivity contribution in [1.82, 2.24) is 4.98 Å². The van der Waals surface area contributed by atoms with Gasteiger partial charge in [-0.3, -0.25) is 5.32 Å². The molecule has 6 heteroatoms. The van der Waals surface area contributed by atoms with Crippen LogP contribution in [0.2, 0.25) is 0 Å². The minimum Gasteiger partial charge on any atom is -0.477 e. The lowest BCUT2D eigenvalue weighted by Gasteiger charge is -2.20. The number of amides is 1. The Balaban J connectivity index is 2.95. The molecule has 0 fully saturated rings. The van der Waals surface area contributed by atoms with E-state index in [1.165, 1.54) is 12.3 Å². The van der Waals surface area contributed by atoms with E-state index >= 15 is 0 Å². The Bertz CT molecular complexity index is 492. The topological polar surface area (TPSA) is 88.5 Å². The van der Waals surface area contributed by atoms with E-state index in [0.717, 1.165) is 5.56 Å². The third-order valence-corrected chi connectivity index (χ3v) is 2.22. The van der Waals surface area contributed by atoms with Gasteiger partial charge >= 0.3 is 12.1 Å². The summed E-state index contributed by atoms with van der Waals surface area (Å²) in [5.41, 5.74) is 0.419. The molecule has 1 rings (SSSR count). The maximum atomic E-state index is 11.7. The van der Waals surface area contributed by atoms with E-state index in [1.807, 2.05) is 6.92 Å². The summed E-state index contributed by atoms with van der Waals surface area (Å²) < 4.78 is 5.12. The SMILES string of the molecule is CCc1cnc(C(=O)O)cc1NC(=O)OC(C)(C)C. The normalized spacial score (nSPS) is 10.9. The van der Waals surface area contributed by atoms with Gasteiger partial charge in [-0.1, -0.05) is 6.92 Å². The molecule has 1 amide bonds. The van der Waals surface area contributed by atoms with Crippen molar-refractivity contribution in [3.05, 3.63) is 23.5 Å². The third-order valence-electron chi connectivity index (χ3n) is 2.22. The number of aromatic carboxylic acids is 1. The average Bonchev–Trinajstić information content (AvgIpc) is 2.26. The van der Waals surface area contributed by atoms with Gasteiger partial charge in [-0.15, -0.1) is 0 Å². The molecule has 6 nitrogen and oxygen atoms in total. The van der Waals surface area contributed by atoms with Crippen LogP contribution in [0.4, 0.5) is 10.5 Å². The summed E-state index contributed by atoms with van der Waals surface area (Å²) >= 11 is 0. The van der Waals surface area contributed by atoms with Gasteiger partial charge in [-0.05, 0) is 38.8 Å². The molecule has 2 N–H and O–H groups in total. The van der Waals surface area contributed by atoms with Crippen LogP contribution in [0.5, 0.6) is 0 Å². The molecule has 0 spiro atoms. The summed E-state index contributed by atoms with van der Waals surface area (Å²) in [4.78, 5) is 26.3. The van der Waals surface area contributed by atoms with Crippen LogP contribution in [0.3, 0.4) is 0 Å². The van der Waals surface area contributed by atoms with Gasteiger partial charge in [0.1, 0.15) is 11.3 Å². The molecule has 1 aromatic heterocycles. The van der Waals surface area contributed by atoms with Crippen molar-refractivity contribution in [2.75, 3.05) is 5.32 Å². The molecule has 0 aliphatic rings. The minimum atomic E-state index is -1.14. The Morgan fingerprint density at radius 1 is 1.42 bits per heavy atom. The average molecular weight is 266 g/mol.